The number of fused-ring (bicyclic) bond motifs is 1. The molecule has 124 valence electrons. The first kappa shape index (κ1) is 16.0. The molecule has 5 nitrogen and oxygen atoms in total. The van der Waals surface area contributed by atoms with Gasteiger partial charge in [0.25, 0.3) is 5.91 Å². The topological polar surface area (TPSA) is 67.4 Å². The molecule has 0 aliphatic carbocycles. The second-order valence-corrected chi connectivity index (χ2v) is 6.30. The van der Waals surface area contributed by atoms with Crippen molar-refractivity contribution in [3.63, 3.8) is 0 Å². The summed E-state index contributed by atoms with van der Waals surface area (Å²) in [4.78, 5) is 24.3. The van der Waals surface area contributed by atoms with Gasteiger partial charge in [-0.25, -0.2) is 4.39 Å². The third-order valence-corrected chi connectivity index (χ3v) is 3.80. The molecule has 6 heteroatoms. The van der Waals surface area contributed by atoms with E-state index in [0.29, 0.717) is 22.7 Å². The summed E-state index contributed by atoms with van der Waals surface area (Å²) in [6.07, 6.45) is 0. The maximum atomic E-state index is 12.9. The smallest absolute Gasteiger partial charge is 0.255 e. The highest BCUT2D eigenvalue weighted by molar-refractivity contribution is 6.05. The number of hydrogen-bond donors (Lipinski definition) is 2. The number of amides is 2. The van der Waals surface area contributed by atoms with Crippen molar-refractivity contribution >= 4 is 23.2 Å². The van der Waals surface area contributed by atoms with E-state index in [1.165, 1.54) is 24.3 Å². The van der Waals surface area contributed by atoms with Gasteiger partial charge in [0.2, 0.25) is 5.91 Å². The van der Waals surface area contributed by atoms with E-state index in [4.69, 9.17) is 4.74 Å². The standard InChI is InChI=1S/C18H17FN2O3/c1-18(2)10-24-15-8-7-13(9-14(15)21-17(18)23)20-16(22)11-3-5-12(19)6-4-11/h3-9H,10H2,1-2H3,(H,20,22)(H,21,23). The van der Waals surface area contributed by atoms with Crippen LogP contribution in [0, 0.1) is 11.2 Å². The van der Waals surface area contributed by atoms with Crippen molar-refractivity contribution in [2.75, 3.05) is 17.2 Å². The molecule has 0 atom stereocenters. The molecule has 1 heterocycles. The van der Waals surface area contributed by atoms with E-state index in [0.717, 1.165) is 0 Å². The molecule has 2 N–H and O–H groups in total. The van der Waals surface area contributed by atoms with Gasteiger partial charge < -0.3 is 15.4 Å². The van der Waals surface area contributed by atoms with Gasteiger partial charge in [-0.15, -0.1) is 0 Å². The average Bonchev–Trinajstić information content (AvgIpc) is 2.64. The Bertz CT molecular complexity index is 800. The second kappa shape index (κ2) is 5.96. The SMILES string of the molecule is CC1(C)COc2ccc(NC(=O)c3ccc(F)cc3)cc2NC1=O. The number of halogens is 1. The molecule has 2 amide bonds. The Kier molecular flexibility index (Phi) is 3.97. The van der Waals surface area contributed by atoms with Gasteiger partial charge in [-0.1, -0.05) is 0 Å². The molecule has 0 saturated carbocycles. The van der Waals surface area contributed by atoms with Gasteiger partial charge >= 0.3 is 0 Å². The van der Waals surface area contributed by atoms with Crippen molar-refractivity contribution in [3.05, 3.63) is 53.8 Å². The lowest BCUT2D eigenvalue weighted by Crippen LogP contribution is -2.33. The lowest BCUT2D eigenvalue weighted by Gasteiger charge is -2.18. The van der Waals surface area contributed by atoms with Crippen LogP contribution in [-0.2, 0) is 4.79 Å². The van der Waals surface area contributed by atoms with Crippen LogP contribution in [0.15, 0.2) is 42.5 Å². The van der Waals surface area contributed by atoms with Crippen LogP contribution in [0.25, 0.3) is 0 Å². The normalized spacial score (nSPS) is 15.5. The average molecular weight is 328 g/mol. The molecule has 0 radical (unpaired) electrons. The number of anilines is 2. The van der Waals surface area contributed by atoms with E-state index in [1.807, 2.05) is 0 Å². The molecule has 3 rings (SSSR count). The van der Waals surface area contributed by atoms with Crippen molar-refractivity contribution in [1.29, 1.82) is 0 Å². The first-order valence-electron chi connectivity index (χ1n) is 7.50. The van der Waals surface area contributed by atoms with E-state index < -0.39 is 11.2 Å². The van der Waals surface area contributed by atoms with Crippen LogP contribution in [0.2, 0.25) is 0 Å². The first-order valence-corrected chi connectivity index (χ1v) is 7.50. The summed E-state index contributed by atoms with van der Waals surface area (Å²) < 4.78 is 18.6. The molecule has 1 aliphatic heterocycles. The number of carbonyl (C=O) groups is 2. The fourth-order valence-electron chi connectivity index (χ4n) is 2.25. The Morgan fingerprint density at radius 2 is 1.92 bits per heavy atom. The first-order chi connectivity index (χ1) is 11.3. The molecule has 0 aromatic heterocycles. The van der Waals surface area contributed by atoms with Crippen molar-refractivity contribution in [2.45, 2.75) is 13.8 Å². The number of ether oxygens (including phenoxy) is 1. The third-order valence-electron chi connectivity index (χ3n) is 3.80. The molecule has 0 saturated heterocycles. The zero-order valence-corrected chi connectivity index (χ0v) is 13.4. The lowest BCUT2D eigenvalue weighted by molar-refractivity contribution is -0.124. The summed E-state index contributed by atoms with van der Waals surface area (Å²) in [6.45, 7) is 3.87. The monoisotopic (exact) mass is 328 g/mol. The van der Waals surface area contributed by atoms with Crippen molar-refractivity contribution in [2.24, 2.45) is 5.41 Å². The van der Waals surface area contributed by atoms with E-state index in [-0.39, 0.29) is 18.4 Å². The van der Waals surface area contributed by atoms with Crippen LogP contribution in [-0.4, -0.2) is 18.4 Å². The highest BCUT2D eigenvalue weighted by Crippen LogP contribution is 2.34. The van der Waals surface area contributed by atoms with Gasteiger partial charge in [0.15, 0.2) is 0 Å². The minimum atomic E-state index is -0.642. The molecule has 0 spiro atoms. The zero-order valence-electron chi connectivity index (χ0n) is 13.4. The molecule has 1 aliphatic rings. The summed E-state index contributed by atoms with van der Waals surface area (Å²) in [6, 6.07) is 10.3. The molecule has 0 unspecified atom stereocenters. The van der Waals surface area contributed by atoms with Gasteiger partial charge in [0, 0.05) is 11.3 Å². The number of carbonyl (C=O) groups excluding carboxylic acids is 2. The van der Waals surface area contributed by atoms with Crippen LogP contribution >= 0.6 is 0 Å². The fourth-order valence-corrected chi connectivity index (χ4v) is 2.25. The molecular weight excluding hydrogens is 311 g/mol. The molecule has 24 heavy (non-hydrogen) atoms. The van der Waals surface area contributed by atoms with Crippen molar-refractivity contribution in [1.82, 2.24) is 0 Å². The van der Waals surface area contributed by atoms with Gasteiger partial charge in [-0.05, 0) is 56.3 Å². The molecule has 0 fully saturated rings. The van der Waals surface area contributed by atoms with Gasteiger partial charge in [0.05, 0.1) is 11.1 Å². The minimum absolute atomic E-state index is 0.150. The van der Waals surface area contributed by atoms with Crippen LogP contribution < -0.4 is 15.4 Å². The Morgan fingerprint density at radius 3 is 2.62 bits per heavy atom. The van der Waals surface area contributed by atoms with Crippen LogP contribution in [0.4, 0.5) is 15.8 Å². The Balaban J connectivity index is 1.81. The van der Waals surface area contributed by atoms with Gasteiger partial charge in [0.1, 0.15) is 18.2 Å². The number of hydrogen-bond acceptors (Lipinski definition) is 3. The molecule has 2 aromatic carbocycles. The number of rotatable bonds is 2. The van der Waals surface area contributed by atoms with Gasteiger partial charge in [-0.3, -0.25) is 9.59 Å². The quantitative estimate of drug-likeness (QED) is 0.887. The lowest BCUT2D eigenvalue weighted by atomic mass is 9.94. The highest BCUT2D eigenvalue weighted by Gasteiger charge is 2.32. The summed E-state index contributed by atoms with van der Waals surface area (Å²) in [5.41, 5.74) is 0.707. The van der Waals surface area contributed by atoms with Crippen LogP contribution in [0.5, 0.6) is 5.75 Å². The fraction of sp³-hybridized carbons (Fsp3) is 0.222. The summed E-state index contributed by atoms with van der Waals surface area (Å²) in [7, 11) is 0. The predicted octanol–water partition coefficient (Wildman–Crippen LogP) is 3.44. The third kappa shape index (κ3) is 3.22. The van der Waals surface area contributed by atoms with E-state index >= 15 is 0 Å². The second-order valence-electron chi connectivity index (χ2n) is 6.30. The number of nitrogens with one attached hydrogen (secondary N) is 2. The van der Waals surface area contributed by atoms with Crippen LogP contribution in [0.3, 0.4) is 0 Å². The van der Waals surface area contributed by atoms with Crippen LogP contribution in [0.1, 0.15) is 24.2 Å². The van der Waals surface area contributed by atoms with Gasteiger partial charge in [-0.2, -0.15) is 0 Å². The van der Waals surface area contributed by atoms with Crippen molar-refractivity contribution < 1.29 is 18.7 Å². The number of benzene rings is 2. The summed E-state index contributed by atoms with van der Waals surface area (Å²) in [5.74, 6) is -0.368. The molecule has 2 aromatic rings. The van der Waals surface area contributed by atoms with E-state index in [2.05, 4.69) is 10.6 Å². The highest BCUT2D eigenvalue weighted by atomic mass is 19.1. The predicted molar refractivity (Wildman–Crippen MR) is 88.7 cm³/mol. The van der Waals surface area contributed by atoms with Crippen molar-refractivity contribution in [3.8, 4) is 5.75 Å². The molecule has 0 bridgehead atoms. The zero-order chi connectivity index (χ0) is 17.3. The largest absolute Gasteiger partial charge is 0.490 e. The summed E-state index contributed by atoms with van der Waals surface area (Å²) >= 11 is 0. The maximum absolute atomic E-state index is 12.9. The Hall–Kier alpha value is -2.89. The summed E-state index contributed by atoms with van der Waals surface area (Å²) in [5, 5.41) is 5.52. The Morgan fingerprint density at radius 1 is 1.21 bits per heavy atom. The maximum Gasteiger partial charge on any atom is 0.255 e. The molecular formula is C18H17FN2O3. The van der Waals surface area contributed by atoms with E-state index in [9.17, 15) is 14.0 Å². The Labute approximate surface area is 138 Å². The van der Waals surface area contributed by atoms with E-state index in [1.54, 1.807) is 32.0 Å². The minimum Gasteiger partial charge on any atom is -0.490 e.